The summed E-state index contributed by atoms with van der Waals surface area (Å²) in [5, 5.41) is 19.1. The van der Waals surface area contributed by atoms with E-state index in [4.69, 9.17) is 9.47 Å². The minimum Gasteiger partial charge on any atom is -0.507 e. The van der Waals surface area contributed by atoms with Crippen LogP contribution in [0.1, 0.15) is 46.4 Å². The molecule has 0 amide bonds. The number of phenols is 2. The van der Waals surface area contributed by atoms with Gasteiger partial charge in [0.2, 0.25) is 0 Å². The summed E-state index contributed by atoms with van der Waals surface area (Å²) in [6, 6.07) is 9.22. The molecule has 2 rings (SSSR count). The second kappa shape index (κ2) is 10.1. The summed E-state index contributed by atoms with van der Waals surface area (Å²) in [6.45, 7) is 1.06. The zero-order valence-corrected chi connectivity index (χ0v) is 14.4. The van der Waals surface area contributed by atoms with E-state index in [-0.39, 0.29) is 22.6 Å². The van der Waals surface area contributed by atoms with Gasteiger partial charge in [-0.25, -0.2) is 0 Å². The molecule has 0 aliphatic heterocycles. The molecule has 0 saturated carbocycles. The van der Waals surface area contributed by atoms with E-state index in [1.807, 2.05) is 0 Å². The van der Waals surface area contributed by atoms with Crippen LogP contribution in [-0.2, 0) is 0 Å². The van der Waals surface area contributed by atoms with Gasteiger partial charge in [-0.15, -0.1) is 0 Å². The third kappa shape index (κ3) is 5.81. The molecule has 0 spiro atoms. The van der Waals surface area contributed by atoms with Crippen molar-refractivity contribution in [2.24, 2.45) is 0 Å². The molecule has 0 fully saturated rings. The van der Waals surface area contributed by atoms with Crippen molar-refractivity contribution >= 4 is 12.6 Å². The van der Waals surface area contributed by atoms with Gasteiger partial charge in [-0.1, -0.05) is 0 Å². The highest BCUT2D eigenvalue weighted by atomic mass is 16.5. The van der Waals surface area contributed by atoms with Crippen molar-refractivity contribution in [3.8, 4) is 23.0 Å². The molecule has 0 saturated heterocycles. The highest BCUT2D eigenvalue weighted by molar-refractivity contribution is 5.79. The molecule has 2 N–H and O–H groups in total. The Morgan fingerprint density at radius 2 is 1.12 bits per heavy atom. The first-order valence-corrected chi connectivity index (χ1v) is 8.46. The second-order valence-electron chi connectivity index (χ2n) is 5.79. The average Bonchev–Trinajstić information content (AvgIpc) is 2.64. The topological polar surface area (TPSA) is 93.1 Å². The Kier molecular flexibility index (Phi) is 7.49. The van der Waals surface area contributed by atoms with E-state index in [1.165, 1.54) is 24.3 Å². The number of rotatable bonds is 11. The van der Waals surface area contributed by atoms with Gasteiger partial charge in [-0.3, -0.25) is 9.59 Å². The maximum Gasteiger partial charge on any atom is 0.153 e. The van der Waals surface area contributed by atoms with E-state index in [9.17, 15) is 19.8 Å². The lowest BCUT2D eigenvalue weighted by Gasteiger charge is -2.08. The highest BCUT2D eigenvalue weighted by Crippen LogP contribution is 2.23. The first-order valence-electron chi connectivity index (χ1n) is 8.46. The largest absolute Gasteiger partial charge is 0.507 e. The van der Waals surface area contributed by atoms with Gasteiger partial charge in [0.05, 0.1) is 24.3 Å². The molecule has 0 atom stereocenters. The molecule has 0 aliphatic carbocycles. The van der Waals surface area contributed by atoms with E-state index in [1.54, 1.807) is 12.1 Å². The highest BCUT2D eigenvalue weighted by Gasteiger charge is 2.03. The van der Waals surface area contributed by atoms with Gasteiger partial charge in [-0.05, 0) is 49.9 Å². The Labute approximate surface area is 152 Å². The third-order valence-electron chi connectivity index (χ3n) is 3.83. The zero-order valence-electron chi connectivity index (χ0n) is 14.4. The number of carbonyl (C=O) groups excluding carboxylic acids is 2. The summed E-state index contributed by atoms with van der Waals surface area (Å²) in [6.07, 6.45) is 4.86. The van der Waals surface area contributed by atoms with Crippen LogP contribution in [0.2, 0.25) is 0 Å². The summed E-state index contributed by atoms with van der Waals surface area (Å²) < 4.78 is 11.1. The van der Waals surface area contributed by atoms with Crippen molar-refractivity contribution < 1.29 is 29.3 Å². The maximum atomic E-state index is 10.6. The number of unbranched alkanes of at least 4 members (excludes halogenated alkanes) is 3. The van der Waals surface area contributed by atoms with Gasteiger partial charge in [0, 0.05) is 12.1 Å². The van der Waals surface area contributed by atoms with Crippen LogP contribution in [0.3, 0.4) is 0 Å². The molecule has 138 valence electrons. The monoisotopic (exact) mass is 358 g/mol. The van der Waals surface area contributed by atoms with Crippen molar-refractivity contribution in [2.75, 3.05) is 13.2 Å². The summed E-state index contributed by atoms with van der Waals surface area (Å²) in [5.74, 6) is 0.911. The molecule has 26 heavy (non-hydrogen) atoms. The third-order valence-corrected chi connectivity index (χ3v) is 3.83. The van der Waals surface area contributed by atoms with Crippen LogP contribution in [0.4, 0.5) is 0 Å². The lowest BCUT2D eigenvalue weighted by molar-refractivity contribution is 0.111. The molecule has 2 aromatic carbocycles. The van der Waals surface area contributed by atoms with Gasteiger partial charge in [0.25, 0.3) is 0 Å². The lowest BCUT2D eigenvalue weighted by Crippen LogP contribution is -2.00. The molecule has 0 aromatic heterocycles. The number of aldehydes is 2. The van der Waals surface area contributed by atoms with Crippen LogP contribution in [-0.4, -0.2) is 36.0 Å². The number of phenolic OH excluding ortho intramolecular Hbond substituents is 2. The van der Waals surface area contributed by atoms with E-state index in [2.05, 4.69) is 0 Å². The van der Waals surface area contributed by atoms with E-state index in [0.29, 0.717) is 37.3 Å². The first-order chi connectivity index (χ1) is 12.6. The number of hydrogen-bond donors (Lipinski definition) is 2. The quantitative estimate of drug-likeness (QED) is 0.469. The Hall–Kier alpha value is -3.02. The lowest BCUT2D eigenvalue weighted by atomic mass is 10.2. The van der Waals surface area contributed by atoms with E-state index in [0.717, 1.165) is 25.7 Å². The summed E-state index contributed by atoms with van der Waals surface area (Å²) in [4.78, 5) is 21.2. The van der Waals surface area contributed by atoms with E-state index < -0.39 is 0 Å². The van der Waals surface area contributed by atoms with Crippen molar-refractivity contribution in [1.29, 1.82) is 0 Å². The number of aromatic hydroxyl groups is 2. The molecular formula is C20H22O6. The maximum absolute atomic E-state index is 10.6. The summed E-state index contributed by atoms with van der Waals surface area (Å²) in [7, 11) is 0. The average molecular weight is 358 g/mol. The Bertz CT molecular complexity index is 678. The molecule has 0 radical (unpaired) electrons. The van der Waals surface area contributed by atoms with Gasteiger partial charge >= 0.3 is 0 Å². The zero-order chi connectivity index (χ0) is 18.8. The van der Waals surface area contributed by atoms with Gasteiger partial charge in [0.1, 0.15) is 23.0 Å². The first kappa shape index (κ1) is 19.3. The van der Waals surface area contributed by atoms with Gasteiger partial charge in [-0.2, -0.15) is 0 Å². The number of carbonyl (C=O) groups is 2. The van der Waals surface area contributed by atoms with Gasteiger partial charge < -0.3 is 19.7 Å². The fourth-order valence-electron chi connectivity index (χ4n) is 2.36. The number of benzene rings is 2. The molecule has 0 unspecified atom stereocenters. The van der Waals surface area contributed by atoms with Crippen molar-refractivity contribution in [3.05, 3.63) is 47.5 Å². The standard InChI is InChI=1S/C20H22O6/c21-13-15-5-7-17(11-19(15)23)25-9-3-1-2-4-10-26-18-8-6-16(14-22)20(24)12-18/h5-8,11-14,23-24H,1-4,9-10H2. The van der Waals surface area contributed by atoms with Crippen molar-refractivity contribution in [3.63, 3.8) is 0 Å². The normalized spacial score (nSPS) is 10.3. The fourth-order valence-corrected chi connectivity index (χ4v) is 2.36. The van der Waals surface area contributed by atoms with Crippen LogP contribution in [0, 0.1) is 0 Å². The Morgan fingerprint density at radius 3 is 1.46 bits per heavy atom. The molecule has 0 heterocycles. The molecular weight excluding hydrogens is 336 g/mol. The van der Waals surface area contributed by atoms with Crippen molar-refractivity contribution in [2.45, 2.75) is 25.7 Å². The van der Waals surface area contributed by atoms with Crippen LogP contribution in [0.15, 0.2) is 36.4 Å². The molecule has 6 heteroatoms. The summed E-state index contributed by atoms with van der Waals surface area (Å²) >= 11 is 0. The Morgan fingerprint density at radius 1 is 0.692 bits per heavy atom. The SMILES string of the molecule is O=Cc1ccc(OCCCCCCOc2ccc(C=O)c(O)c2)cc1O. The minimum atomic E-state index is -0.0816. The van der Waals surface area contributed by atoms with Crippen molar-refractivity contribution in [1.82, 2.24) is 0 Å². The van der Waals surface area contributed by atoms with Gasteiger partial charge in [0.15, 0.2) is 12.6 Å². The predicted octanol–water partition coefficient (Wildman–Crippen LogP) is 3.74. The Balaban J connectivity index is 1.57. The van der Waals surface area contributed by atoms with Crippen LogP contribution >= 0.6 is 0 Å². The fraction of sp³-hybridized carbons (Fsp3) is 0.300. The van der Waals surface area contributed by atoms with Crippen LogP contribution in [0.5, 0.6) is 23.0 Å². The predicted molar refractivity (Wildman–Crippen MR) is 96.4 cm³/mol. The second-order valence-corrected chi connectivity index (χ2v) is 5.79. The molecule has 2 aromatic rings. The number of ether oxygens (including phenoxy) is 2. The smallest absolute Gasteiger partial charge is 0.153 e. The van der Waals surface area contributed by atoms with Crippen LogP contribution in [0.25, 0.3) is 0 Å². The summed E-state index contributed by atoms with van der Waals surface area (Å²) in [5.41, 5.74) is 0.484. The molecule has 0 aliphatic rings. The number of hydrogen-bond acceptors (Lipinski definition) is 6. The van der Waals surface area contributed by atoms with E-state index >= 15 is 0 Å². The molecule has 6 nitrogen and oxygen atoms in total. The molecule has 0 bridgehead atoms. The van der Waals surface area contributed by atoms with Crippen LogP contribution < -0.4 is 9.47 Å². The minimum absolute atomic E-state index is 0.0816.